The maximum atomic E-state index is 8.46. The molecule has 1 fully saturated rings. The summed E-state index contributed by atoms with van der Waals surface area (Å²) in [4.78, 5) is 0. The number of nitriles is 1. The average Bonchev–Trinajstić information content (AvgIpc) is 2.14. The van der Waals surface area contributed by atoms with Gasteiger partial charge in [-0.3, -0.25) is 0 Å². The monoisotopic (exact) mass is 173 g/mol. The molecule has 3 aliphatic carbocycles. The van der Waals surface area contributed by atoms with Gasteiger partial charge < -0.3 is 0 Å². The molecule has 2 atom stereocenters. The molecule has 1 saturated carbocycles. The van der Waals surface area contributed by atoms with Gasteiger partial charge in [0.25, 0.3) is 0 Å². The van der Waals surface area contributed by atoms with Crippen molar-refractivity contribution < 1.29 is 0 Å². The molecule has 0 unspecified atom stereocenters. The zero-order valence-electron chi connectivity index (χ0n) is 8.25. The lowest BCUT2D eigenvalue weighted by Gasteiger charge is -2.56. The van der Waals surface area contributed by atoms with E-state index in [4.69, 9.17) is 5.26 Å². The third-order valence-electron chi connectivity index (χ3n) is 3.86. The minimum absolute atomic E-state index is 0.476. The van der Waals surface area contributed by atoms with Crippen LogP contribution in [0, 0.1) is 28.6 Å². The van der Waals surface area contributed by atoms with Crippen molar-refractivity contribution in [2.45, 2.75) is 26.7 Å². The number of allylic oxidation sites excluding steroid dienone is 4. The predicted molar refractivity (Wildman–Crippen MR) is 52.8 cm³/mol. The first-order valence-corrected chi connectivity index (χ1v) is 4.92. The molecule has 3 aliphatic rings. The SMILES string of the molecule is CC1(C)[C@H]2CC=C(/C=C/C#N)[C@H]1C2. The highest BCUT2D eigenvalue weighted by Crippen LogP contribution is 2.59. The van der Waals surface area contributed by atoms with Crippen molar-refractivity contribution in [2.75, 3.05) is 0 Å². The molecule has 0 aromatic heterocycles. The fourth-order valence-corrected chi connectivity index (χ4v) is 2.72. The van der Waals surface area contributed by atoms with Gasteiger partial charge in [-0.2, -0.15) is 5.26 Å². The molecule has 0 aromatic carbocycles. The summed E-state index contributed by atoms with van der Waals surface area (Å²) in [5, 5.41) is 8.46. The minimum Gasteiger partial charge on any atom is -0.193 e. The molecule has 0 heterocycles. The summed E-state index contributed by atoms with van der Waals surface area (Å²) in [7, 11) is 0. The van der Waals surface area contributed by atoms with E-state index in [1.807, 2.05) is 6.08 Å². The minimum atomic E-state index is 0.476. The van der Waals surface area contributed by atoms with Crippen LogP contribution >= 0.6 is 0 Å². The highest BCUT2D eigenvalue weighted by atomic mass is 14.5. The zero-order valence-corrected chi connectivity index (χ0v) is 8.25. The van der Waals surface area contributed by atoms with E-state index in [1.165, 1.54) is 18.4 Å². The van der Waals surface area contributed by atoms with E-state index >= 15 is 0 Å². The Bertz CT molecular complexity index is 315. The van der Waals surface area contributed by atoms with Gasteiger partial charge in [-0.05, 0) is 41.7 Å². The zero-order chi connectivity index (χ0) is 9.47. The second kappa shape index (κ2) is 2.73. The molecule has 0 aliphatic heterocycles. The van der Waals surface area contributed by atoms with E-state index in [-0.39, 0.29) is 0 Å². The topological polar surface area (TPSA) is 23.8 Å². The Morgan fingerprint density at radius 1 is 1.62 bits per heavy atom. The highest BCUT2D eigenvalue weighted by Gasteiger charge is 2.50. The summed E-state index contributed by atoms with van der Waals surface area (Å²) in [5.41, 5.74) is 1.86. The van der Waals surface area contributed by atoms with Crippen molar-refractivity contribution in [1.29, 1.82) is 5.26 Å². The second-order valence-electron chi connectivity index (χ2n) is 4.71. The molecule has 1 heteroatoms. The van der Waals surface area contributed by atoms with E-state index in [0.717, 1.165) is 5.92 Å². The Hall–Kier alpha value is -1.03. The third kappa shape index (κ3) is 1.13. The van der Waals surface area contributed by atoms with Crippen LogP contribution in [0.4, 0.5) is 0 Å². The van der Waals surface area contributed by atoms with Crippen LogP contribution in [-0.4, -0.2) is 0 Å². The van der Waals surface area contributed by atoms with Crippen molar-refractivity contribution in [3.8, 4) is 6.07 Å². The molecule has 0 N–H and O–H groups in total. The summed E-state index contributed by atoms with van der Waals surface area (Å²) in [5.74, 6) is 1.59. The summed E-state index contributed by atoms with van der Waals surface area (Å²) >= 11 is 0. The molecule has 3 rings (SSSR count). The van der Waals surface area contributed by atoms with Crippen LogP contribution < -0.4 is 0 Å². The first kappa shape index (κ1) is 8.56. The van der Waals surface area contributed by atoms with Crippen LogP contribution in [0.1, 0.15) is 26.7 Å². The van der Waals surface area contributed by atoms with Crippen LogP contribution in [0.5, 0.6) is 0 Å². The average molecular weight is 173 g/mol. The highest BCUT2D eigenvalue weighted by molar-refractivity contribution is 5.33. The Balaban J connectivity index is 2.20. The summed E-state index contributed by atoms with van der Waals surface area (Å²) in [6.45, 7) is 4.69. The number of hydrogen-bond acceptors (Lipinski definition) is 1. The van der Waals surface area contributed by atoms with Gasteiger partial charge >= 0.3 is 0 Å². The quantitative estimate of drug-likeness (QED) is 0.559. The number of fused-ring (bicyclic) bond motifs is 1. The van der Waals surface area contributed by atoms with Gasteiger partial charge in [-0.25, -0.2) is 0 Å². The van der Waals surface area contributed by atoms with E-state index < -0.39 is 0 Å². The lowest BCUT2D eigenvalue weighted by atomic mass is 9.49. The van der Waals surface area contributed by atoms with E-state index in [1.54, 1.807) is 6.08 Å². The molecule has 0 aromatic rings. The Labute approximate surface area is 79.8 Å². The number of nitrogens with zero attached hydrogens (tertiary/aromatic N) is 1. The van der Waals surface area contributed by atoms with Gasteiger partial charge in [0.05, 0.1) is 6.07 Å². The molecule has 0 saturated heterocycles. The van der Waals surface area contributed by atoms with Gasteiger partial charge in [-0.15, -0.1) is 0 Å². The van der Waals surface area contributed by atoms with E-state index in [2.05, 4.69) is 26.0 Å². The lowest BCUT2D eigenvalue weighted by molar-refractivity contribution is -0.00328. The van der Waals surface area contributed by atoms with Crippen molar-refractivity contribution in [3.63, 3.8) is 0 Å². The van der Waals surface area contributed by atoms with Gasteiger partial charge in [-0.1, -0.05) is 19.9 Å². The van der Waals surface area contributed by atoms with Crippen LogP contribution in [-0.2, 0) is 0 Å². The summed E-state index contributed by atoms with van der Waals surface area (Å²) in [6.07, 6.45) is 8.42. The van der Waals surface area contributed by atoms with Crippen LogP contribution in [0.25, 0.3) is 0 Å². The van der Waals surface area contributed by atoms with Gasteiger partial charge in [0.2, 0.25) is 0 Å². The van der Waals surface area contributed by atoms with Crippen molar-refractivity contribution >= 4 is 0 Å². The van der Waals surface area contributed by atoms with E-state index in [0.29, 0.717) is 11.3 Å². The first-order valence-electron chi connectivity index (χ1n) is 4.92. The summed E-state index contributed by atoms with van der Waals surface area (Å²) in [6, 6.07) is 2.06. The van der Waals surface area contributed by atoms with Gasteiger partial charge in [0.1, 0.15) is 0 Å². The van der Waals surface area contributed by atoms with Crippen molar-refractivity contribution in [3.05, 3.63) is 23.8 Å². The number of hydrogen-bond donors (Lipinski definition) is 0. The maximum Gasteiger partial charge on any atom is 0.0912 e. The molecular weight excluding hydrogens is 158 g/mol. The Kier molecular flexibility index (Phi) is 1.80. The normalized spacial score (nSPS) is 35.0. The maximum absolute atomic E-state index is 8.46. The van der Waals surface area contributed by atoms with Crippen LogP contribution in [0.3, 0.4) is 0 Å². The van der Waals surface area contributed by atoms with Crippen molar-refractivity contribution in [2.24, 2.45) is 17.3 Å². The lowest BCUT2D eigenvalue weighted by Crippen LogP contribution is -2.47. The first-order chi connectivity index (χ1) is 6.16. The van der Waals surface area contributed by atoms with Crippen LogP contribution in [0.2, 0.25) is 0 Å². The molecular formula is C12H15N. The smallest absolute Gasteiger partial charge is 0.0912 e. The third-order valence-corrected chi connectivity index (χ3v) is 3.86. The molecule has 0 amide bonds. The molecule has 68 valence electrons. The fourth-order valence-electron chi connectivity index (χ4n) is 2.72. The molecule has 0 radical (unpaired) electrons. The molecule has 1 nitrogen and oxygen atoms in total. The van der Waals surface area contributed by atoms with E-state index in [9.17, 15) is 0 Å². The van der Waals surface area contributed by atoms with Gasteiger partial charge in [0.15, 0.2) is 0 Å². The second-order valence-corrected chi connectivity index (χ2v) is 4.71. The molecule has 13 heavy (non-hydrogen) atoms. The Morgan fingerprint density at radius 3 is 2.92 bits per heavy atom. The molecule has 0 spiro atoms. The largest absolute Gasteiger partial charge is 0.193 e. The molecule has 2 bridgehead atoms. The van der Waals surface area contributed by atoms with Crippen molar-refractivity contribution in [1.82, 2.24) is 0 Å². The predicted octanol–water partition coefficient (Wildman–Crippen LogP) is 3.06. The van der Waals surface area contributed by atoms with Gasteiger partial charge in [0, 0.05) is 6.08 Å². The number of rotatable bonds is 1. The summed E-state index contributed by atoms with van der Waals surface area (Å²) < 4.78 is 0. The fraction of sp³-hybridized carbons (Fsp3) is 0.583. The van der Waals surface area contributed by atoms with Crippen LogP contribution in [0.15, 0.2) is 23.8 Å². The Morgan fingerprint density at radius 2 is 2.38 bits per heavy atom. The standard InChI is InChI=1S/C12H15N/c1-12(2)10-6-5-9(4-3-7-13)11(12)8-10/h3-5,10-11H,6,8H2,1-2H3/b4-3+/t10-,11+/m0/s1.